The molecule has 100 valence electrons. The van der Waals surface area contributed by atoms with Gasteiger partial charge in [0.05, 0.1) is 10.6 Å². The minimum atomic E-state index is -3.70. The third kappa shape index (κ3) is 3.39. The quantitative estimate of drug-likeness (QED) is 0.794. The fourth-order valence-corrected chi connectivity index (χ4v) is 3.34. The van der Waals surface area contributed by atoms with E-state index in [9.17, 15) is 17.2 Å². The van der Waals surface area contributed by atoms with Crippen LogP contribution in [0.5, 0.6) is 0 Å². The Balaban J connectivity index is 2.36. The first-order valence-corrected chi connectivity index (χ1v) is 7.75. The Bertz CT molecular complexity index is 697. The zero-order valence-corrected chi connectivity index (χ0v) is 12.0. The van der Waals surface area contributed by atoms with Crippen LogP contribution in [0.15, 0.2) is 51.8 Å². The summed E-state index contributed by atoms with van der Waals surface area (Å²) < 4.78 is 51.0. The molecule has 0 bridgehead atoms. The van der Waals surface area contributed by atoms with Crippen LogP contribution in [0, 0.1) is 11.6 Å². The molecule has 0 aliphatic carbocycles. The van der Waals surface area contributed by atoms with Crippen molar-refractivity contribution in [3.8, 4) is 0 Å². The van der Waals surface area contributed by atoms with E-state index in [0.29, 0.717) is 4.47 Å². The van der Waals surface area contributed by atoms with Gasteiger partial charge >= 0.3 is 0 Å². The summed E-state index contributed by atoms with van der Waals surface area (Å²) in [6, 6.07) is 8.55. The molecule has 0 spiro atoms. The molecule has 0 saturated heterocycles. The van der Waals surface area contributed by atoms with Gasteiger partial charge in [-0.1, -0.05) is 15.9 Å². The van der Waals surface area contributed by atoms with Gasteiger partial charge in [0.25, 0.3) is 0 Å². The van der Waals surface area contributed by atoms with Crippen molar-refractivity contribution < 1.29 is 17.2 Å². The van der Waals surface area contributed by atoms with Gasteiger partial charge in [-0.3, -0.25) is 0 Å². The van der Waals surface area contributed by atoms with Crippen LogP contribution in [0.1, 0.15) is 5.56 Å². The van der Waals surface area contributed by atoms with Gasteiger partial charge in [0.15, 0.2) is 9.84 Å². The normalized spacial score (nSPS) is 11.5. The molecule has 0 aromatic heterocycles. The molecule has 0 radical (unpaired) electrons. The van der Waals surface area contributed by atoms with Gasteiger partial charge in [0.1, 0.15) is 11.6 Å². The van der Waals surface area contributed by atoms with Crippen LogP contribution in [-0.4, -0.2) is 8.42 Å². The molecule has 19 heavy (non-hydrogen) atoms. The van der Waals surface area contributed by atoms with Crippen LogP contribution in [0.2, 0.25) is 0 Å². The van der Waals surface area contributed by atoms with Crippen molar-refractivity contribution in [3.05, 3.63) is 64.1 Å². The van der Waals surface area contributed by atoms with E-state index >= 15 is 0 Å². The van der Waals surface area contributed by atoms with Gasteiger partial charge in [0, 0.05) is 10.0 Å². The summed E-state index contributed by atoms with van der Waals surface area (Å²) in [6.45, 7) is 0. The van der Waals surface area contributed by atoms with E-state index in [2.05, 4.69) is 15.9 Å². The lowest BCUT2D eigenvalue weighted by atomic mass is 10.2. The van der Waals surface area contributed by atoms with Crippen molar-refractivity contribution in [3.63, 3.8) is 0 Å². The second-order valence-electron chi connectivity index (χ2n) is 3.95. The molecular formula is C13H9BrF2O2S. The zero-order chi connectivity index (χ0) is 14.0. The predicted octanol–water partition coefficient (Wildman–Crippen LogP) is 3.70. The van der Waals surface area contributed by atoms with Gasteiger partial charge in [0.2, 0.25) is 0 Å². The molecule has 0 N–H and O–H groups in total. The fraction of sp³-hybridized carbons (Fsp3) is 0.0769. The number of hydrogen-bond acceptors (Lipinski definition) is 2. The lowest BCUT2D eigenvalue weighted by Crippen LogP contribution is -2.06. The van der Waals surface area contributed by atoms with Crippen molar-refractivity contribution in [2.75, 3.05) is 0 Å². The molecule has 2 aromatic rings. The van der Waals surface area contributed by atoms with E-state index in [1.165, 1.54) is 30.3 Å². The molecule has 0 atom stereocenters. The van der Waals surface area contributed by atoms with Gasteiger partial charge in [-0.05, 0) is 42.5 Å². The predicted molar refractivity (Wildman–Crippen MR) is 71.4 cm³/mol. The number of hydrogen-bond donors (Lipinski definition) is 0. The smallest absolute Gasteiger partial charge is 0.182 e. The van der Waals surface area contributed by atoms with E-state index < -0.39 is 27.2 Å². The summed E-state index contributed by atoms with van der Waals surface area (Å²) in [4.78, 5) is -0.0340. The third-order valence-electron chi connectivity index (χ3n) is 2.53. The summed E-state index contributed by atoms with van der Waals surface area (Å²) in [5.74, 6) is -1.58. The van der Waals surface area contributed by atoms with Gasteiger partial charge in [-0.15, -0.1) is 0 Å². The molecular weight excluding hydrogens is 338 g/mol. The fourth-order valence-electron chi connectivity index (χ4n) is 1.58. The Labute approximate surface area is 118 Å². The molecule has 0 aliphatic rings. The molecule has 0 amide bonds. The highest BCUT2D eigenvalue weighted by Crippen LogP contribution is 2.21. The third-order valence-corrected chi connectivity index (χ3v) is 4.70. The Morgan fingerprint density at radius 3 is 2.26 bits per heavy atom. The molecule has 0 fully saturated rings. The number of rotatable bonds is 3. The summed E-state index contributed by atoms with van der Waals surface area (Å²) >= 11 is 3.16. The topological polar surface area (TPSA) is 34.1 Å². The Kier molecular flexibility index (Phi) is 4.01. The molecule has 2 nitrogen and oxygen atoms in total. The first kappa shape index (κ1) is 14.1. The first-order valence-electron chi connectivity index (χ1n) is 5.31. The highest BCUT2D eigenvalue weighted by molar-refractivity contribution is 9.10. The maximum absolute atomic E-state index is 13.5. The molecule has 2 aromatic carbocycles. The van der Waals surface area contributed by atoms with Crippen LogP contribution in [0.4, 0.5) is 8.78 Å². The summed E-state index contributed by atoms with van der Waals surface area (Å²) in [7, 11) is -3.70. The van der Waals surface area contributed by atoms with E-state index in [-0.39, 0.29) is 10.5 Å². The van der Waals surface area contributed by atoms with Crippen molar-refractivity contribution >= 4 is 25.8 Å². The average molecular weight is 347 g/mol. The second kappa shape index (κ2) is 5.38. The minimum Gasteiger partial charge on any atom is -0.223 e. The van der Waals surface area contributed by atoms with Gasteiger partial charge < -0.3 is 0 Å². The van der Waals surface area contributed by atoms with Crippen molar-refractivity contribution in [1.82, 2.24) is 0 Å². The van der Waals surface area contributed by atoms with Crippen LogP contribution < -0.4 is 0 Å². The molecule has 0 unspecified atom stereocenters. The summed E-state index contributed by atoms with van der Waals surface area (Å²) in [5, 5.41) is 0. The molecule has 2 rings (SSSR count). The highest BCUT2D eigenvalue weighted by atomic mass is 79.9. The number of benzene rings is 2. The zero-order valence-electron chi connectivity index (χ0n) is 9.61. The number of halogens is 3. The van der Waals surface area contributed by atoms with E-state index in [0.717, 1.165) is 12.1 Å². The molecule has 6 heteroatoms. The maximum atomic E-state index is 13.5. The summed E-state index contributed by atoms with van der Waals surface area (Å²) in [6.07, 6.45) is 0. The lowest BCUT2D eigenvalue weighted by molar-refractivity contribution is 0.586. The Morgan fingerprint density at radius 2 is 1.63 bits per heavy atom. The monoisotopic (exact) mass is 346 g/mol. The van der Waals surface area contributed by atoms with Gasteiger partial charge in [-0.2, -0.15) is 0 Å². The molecule has 0 aliphatic heterocycles. The van der Waals surface area contributed by atoms with Crippen molar-refractivity contribution in [2.24, 2.45) is 0 Å². The van der Waals surface area contributed by atoms with Crippen molar-refractivity contribution in [2.45, 2.75) is 10.6 Å². The average Bonchev–Trinajstić information content (AvgIpc) is 2.34. The van der Waals surface area contributed by atoms with Gasteiger partial charge in [-0.25, -0.2) is 17.2 Å². The Morgan fingerprint density at radius 1 is 1.00 bits per heavy atom. The van der Waals surface area contributed by atoms with Crippen LogP contribution in [-0.2, 0) is 15.6 Å². The summed E-state index contributed by atoms with van der Waals surface area (Å²) in [5.41, 5.74) is 0.0682. The van der Waals surface area contributed by atoms with E-state index in [1.54, 1.807) is 0 Å². The molecule has 0 heterocycles. The maximum Gasteiger partial charge on any atom is 0.182 e. The minimum absolute atomic E-state index is 0.0340. The number of sulfone groups is 1. The Hall–Kier alpha value is -1.27. The SMILES string of the molecule is O=S(=O)(Cc1cc(Br)ccc1F)c1ccc(F)cc1. The van der Waals surface area contributed by atoms with E-state index in [1.807, 2.05) is 0 Å². The highest BCUT2D eigenvalue weighted by Gasteiger charge is 2.17. The molecule has 0 saturated carbocycles. The lowest BCUT2D eigenvalue weighted by Gasteiger charge is -2.06. The van der Waals surface area contributed by atoms with Crippen LogP contribution >= 0.6 is 15.9 Å². The second-order valence-corrected chi connectivity index (χ2v) is 6.85. The largest absolute Gasteiger partial charge is 0.223 e. The first-order chi connectivity index (χ1) is 8.88. The standard InChI is InChI=1S/C13H9BrF2O2S/c14-10-1-6-13(16)9(7-10)8-19(17,18)12-4-2-11(15)3-5-12/h1-7H,8H2. The van der Waals surface area contributed by atoms with Crippen molar-refractivity contribution in [1.29, 1.82) is 0 Å². The van der Waals surface area contributed by atoms with Crippen LogP contribution in [0.3, 0.4) is 0 Å². The van der Waals surface area contributed by atoms with E-state index in [4.69, 9.17) is 0 Å². The van der Waals surface area contributed by atoms with Crippen LogP contribution in [0.25, 0.3) is 0 Å².